The van der Waals surface area contributed by atoms with Crippen molar-refractivity contribution in [2.24, 2.45) is 12.5 Å². The summed E-state index contributed by atoms with van der Waals surface area (Å²) >= 11 is 6.01. The zero-order chi connectivity index (χ0) is 28.6. The maximum atomic E-state index is 14.2. The molecule has 0 bridgehead atoms. The second kappa shape index (κ2) is 13.4. The maximum absolute atomic E-state index is 14.2. The normalized spacial score (nSPS) is 11.3. The molecule has 1 aromatic heterocycles. The first-order chi connectivity index (χ1) is 18.7. The average molecular weight is 565 g/mol. The summed E-state index contributed by atoms with van der Waals surface area (Å²) in [6.07, 6.45) is -0.639. The van der Waals surface area contributed by atoms with Crippen LogP contribution in [0.1, 0.15) is 29.4 Å². The topological polar surface area (TPSA) is 104 Å². The zero-order valence-electron chi connectivity index (χ0n) is 21.9. The molecule has 0 aliphatic heterocycles. The minimum absolute atomic E-state index is 0.00356. The van der Waals surface area contributed by atoms with Crippen molar-refractivity contribution in [2.45, 2.75) is 20.0 Å². The number of carbonyl (C=O) groups is 2. The molecular weight excluding hydrogens is 534 g/mol. The van der Waals surface area contributed by atoms with Crippen LogP contribution < -0.4 is 20.9 Å². The largest absolute Gasteiger partial charge is 0.493 e. The van der Waals surface area contributed by atoms with E-state index in [9.17, 15) is 23.2 Å². The number of aromatic nitrogens is 2. The fraction of sp³-hybridized carbons (Fsp3) is 0.370. The average Bonchev–Trinajstić information content (AvgIpc) is 3.16. The van der Waals surface area contributed by atoms with Crippen LogP contribution in [0.5, 0.6) is 5.75 Å². The summed E-state index contributed by atoms with van der Waals surface area (Å²) < 4.78 is 41.9. The van der Waals surface area contributed by atoms with Crippen LogP contribution in [-0.4, -0.2) is 54.8 Å². The zero-order valence-corrected chi connectivity index (χ0v) is 22.7. The summed E-state index contributed by atoms with van der Waals surface area (Å²) in [5, 5.41) is 5.28. The highest BCUT2D eigenvalue weighted by atomic mass is 35.5. The van der Waals surface area contributed by atoms with Gasteiger partial charge in [0.15, 0.2) is 0 Å². The smallest absolute Gasteiger partial charge is 0.295 e. The first-order valence-electron chi connectivity index (χ1n) is 12.2. The number of amides is 2. The Hall–Kier alpha value is -3.70. The predicted molar refractivity (Wildman–Crippen MR) is 144 cm³/mol. The van der Waals surface area contributed by atoms with Gasteiger partial charge in [-0.15, -0.1) is 0 Å². The number of nitrogens with one attached hydrogen (secondary N) is 2. The highest BCUT2D eigenvalue weighted by Gasteiger charge is 2.35. The monoisotopic (exact) mass is 564 g/mol. The van der Waals surface area contributed by atoms with Crippen LogP contribution in [0.4, 0.5) is 14.5 Å². The van der Waals surface area contributed by atoms with E-state index >= 15 is 0 Å². The summed E-state index contributed by atoms with van der Waals surface area (Å²) in [5.74, 6) is -1.20. The van der Waals surface area contributed by atoms with Crippen LogP contribution in [0.2, 0.25) is 5.02 Å². The molecule has 2 amide bonds. The molecule has 0 saturated heterocycles. The van der Waals surface area contributed by atoms with Crippen LogP contribution in [-0.2, 0) is 23.2 Å². The molecule has 1 heterocycles. The van der Waals surface area contributed by atoms with Crippen molar-refractivity contribution in [3.8, 4) is 11.4 Å². The van der Waals surface area contributed by atoms with E-state index in [-0.39, 0.29) is 35.2 Å². The van der Waals surface area contributed by atoms with E-state index in [1.54, 1.807) is 50.4 Å². The van der Waals surface area contributed by atoms with E-state index in [0.29, 0.717) is 11.4 Å². The molecular formula is C27H31ClF2N4O5. The Kier molecular flexibility index (Phi) is 10.2. The lowest BCUT2D eigenvalue weighted by atomic mass is 9.86. The number of methoxy groups -OCH3 is 1. The fourth-order valence-electron chi connectivity index (χ4n) is 4.07. The number of alkyl halides is 2. The van der Waals surface area contributed by atoms with Crippen molar-refractivity contribution >= 4 is 29.1 Å². The second-order valence-corrected chi connectivity index (χ2v) is 9.42. The number of anilines is 1. The van der Waals surface area contributed by atoms with Crippen LogP contribution in [0.15, 0.2) is 53.3 Å². The molecule has 0 fully saturated rings. The molecule has 3 aromatic rings. The van der Waals surface area contributed by atoms with E-state index in [0.717, 1.165) is 0 Å². The highest BCUT2D eigenvalue weighted by Crippen LogP contribution is 2.27. The summed E-state index contributed by atoms with van der Waals surface area (Å²) in [6.45, 7) is -0.935. The minimum atomic E-state index is -1.86. The van der Waals surface area contributed by atoms with Gasteiger partial charge in [-0.1, -0.05) is 29.8 Å². The molecule has 39 heavy (non-hydrogen) atoms. The summed E-state index contributed by atoms with van der Waals surface area (Å²) in [4.78, 5) is 39.1. The Morgan fingerprint density at radius 2 is 1.79 bits per heavy atom. The lowest BCUT2D eigenvalue weighted by Crippen LogP contribution is -2.43. The SMILES string of the molecule is CCOc1ccc(Cl)cc1C(=O)NCC(CF)(CF)CC(=O)Nc1c(COC)n(C)n(-c2ccccc2)c1=O. The van der Waals surface area contributed by atoms with Gasteiger partial charge in [0.2, 0.25) is 5.91 Å². The third-order valence-electron chi connectivity index (χ3n) is 6.14. The molecule has 2 aromatic carbocycles. The van der Waals surface area contributed by atoms with Crippen molar-refractivity contribution in [1.29, 1.82) is 0 Å². The van der Waals surface area contributed by atoms with Crippen LogP contribution in [0, 0.1) is 5.41 Å². The van der Waals surface area contributed by atoms with Gasteiger partial charge < -0.3 is 20.1 Å². The maximum Gasteiger partial charge on any atom is 0.295 e. The Morgan fingerprint density at radius 1 is 1.10 bits per heavy atom. The van der Waals surface area contributed by atoms with Crippen molar-refractivity contribution in [3.05, 3.63) is 75.2 Å². The molecule has 3 rings (SSSR count). The summed E-state index contributed by atoms with van der Waals surface area (Å²) in [7, 11) is 3.07. The number of rotatable bonds is 13. The number of benzene rings is 2. The number of halogens is 3. The van der Waals surface area contributed by atoms with E-state index in [1.165, 1.54) is 28.6 Å². The Morgan fingerprint density at radius 3 is 2.41 bits per heavy atom. The Bertz CT molecular complexity index is 1360. The van der Waals surface area contributed by atoms with Gasteiger partial charge in [0.1, 0.15) is 11.4 Å². The van der Waals surface area contributed by atoms with Gasteiger partial charge in [0.25, 0.3) is 11.5 Å². The molecule has 12 heteroatoms. The number of ether oxygens (including phenoxy) is 2. The molecule has 0 aliphatic carbocycles. The first-order valence-corrected chi connectivity index (χ1v) is 12.6. The predicted octanol–water partition coefficient (Wildman–Crippen LogP) is 4.06. The van der Waals surface area contributed by atoms with Gasteiger partial charge in [-0.3, -0.25) is 27.8 Å². The van der Waals surface area contributed by atoms with Crippen LogP contribution in [0.25, 0.3) is 5.69 Å². The lowest BCUT2D eigenvalue weighted by molar-refractivity contribution is -0.119. The first kappa shape index (κ1) is 29.9. The number of para-hydroxylation sites is 1. The Balaban J connectivity index is 1.81. The molecule has 0 radical (unpaired) electrons. The van der Waals surface area contributed by atoms with E-state index in [1.807, 2.05) is 0 Å². The number of nitrogens with zero attached hydrogens (tertiary/aromatic N) is 2. The molecule has 9 nitrogen and oxygen atoms in total. The third-order valence-corrected chi connectivity index (χ3v) is 6.38. The van der Waals surface area contributed by atoms with E-state index in [2.05, 4.69) is 10.6 Å². The van der Waals surface area contributed by atoms with Gasteiger partial charge in [-0.2, -0.15) is 0 Å². The number of carbonyl (C=O) groups excluding carboxylic acids is 2. The van der Waals surface area contributed by atoms with Crippen molar-refractivity contribution in [2.75, 3.05) is 38.9 Å². The van der Waals surface area contributed by atoms with Crippen molar-refractivity contribution in [3.63, 3.8) is 0 Å². The minimum Gasteiger partial charge on any atom is -0.493 e. The standard InChI is InChI=1S/C27H31ClF2N4O5/c1-4-39-22-11-10-18(28)12-20(22)25(36)31-17-27(15-29,16-30)13-23(35)32-24-21(14-38-3)33(2)34(26(24)37)19-8-6-5-7-9-19/h5-12H,4,13-17H2,1-3H3,(H,31,36)(H,32,35). The van der Waals surface area contributed by atoms with Crippen LogP contribution in [0.3, 0.4) is 0 Å². The van der Waals surface area contributed by atoms with Gasteiger partial charge in [0, 0.05) is 32.1 Å². The molecule has 0 aliphatic rings. The second-order valence-electron chi connectivity index (χ2n) is 8.98. The third kappa shape index (κ3) is 6.85. The summed E-state index contributed by atoms with van der Waals surface area (Å²) in [6, 6.07) is 13.2. The highest BCUT2D eigenvalue weighted by molar-refractivity contribution is 6.31. The van der Waals surface area contributed by atoms with Gasteiger partial charge in [0.05, 0.1) is 48.9 Å². The fourth-order valence-corrected chi connectivity index (χ4v) is 4.24. The molecule has 0 unspecified atom stereocenters. The molecule has 0 spiro atoms. The molecule has 2 N–H and O–H groups in total. The van der Waals surface area contributed by atoms with Gasteiger partial charge in [-0.05, 0) is 37.3 Å². The quantitative estimate of drug-likeness (QED) is 0.326. The van der Waals surface area contributed by atoms with E-state index in [4.69, 9.17) is 21.1 Å². The molecule has 210 valence electrons. The van der Waals surface area contributed by atoms with Gasteiger partial charge in [-0.25, -0.2) is 4.68 Å². The Labute approximate surface area is 229 Å². The van der Waals surface area contributed by atoms with Crippen molar-refractivity contribution in [1.82, 2.24) is 14.7 Å². The number of hydrogen-bond donors (Lipinski definition) is 2. The lowest BCUT2D eigenvalue weighted by Gasteiger charge is -2.27. The molecule has 0 atom stereocenters. The van der Waals surface area contributed by atoms with E-state index < -0.39 is 49.1 Å². The van der Waals surface area contributed by atoms with Crippen molar-refractivity contribution < 1.29 is 27.8 Å². The van der Waals surface area contributed by atoms with Gasteiger partial charge >= 0.3 is 0 Å². The van der Waals surface area contributed by atoms with Crippen LogP contribution >= 0.6 is 11.6 Å². The number of hydrogen-bond acceptors (Lipinski definition) is 5. The summed E-state index contributed by atoms with van der Waals surface area (Å²) in [5.41, 5.74) is -1.45. The molecule has 0 saturated carbocycles.